The first-order valence-corrected chi connectivity index (χ1v) is 7.80. The molecule has 0 bridgehead atoms. The molecule has 0 saturated heterocycles. The summed E-state index contributed by atoms with van der Waals surface area (Å²) in [5.74, 6) is -1.41. The minimum atomic E-state index is -1.88. The standard InChI is InChI=1S/C15H15Cl3O5/c1-13(2,15(16,17)18)23-12(20)14(8-21-3)9-6-4-5-7-10(9)22-11(14)19/h4-7H,8H2,1-3H3/t14-/m0/s1. The van der Waals surface area contributed by atoms with Crippen LogP contribution in [0.2, 0.25) is 0 Å². The SMILES string of the molecule is COC[C@@]1(C(=O)OC(C)(C)C(Cl)(Cl)Cl)C(=O)Oc2ccccc21. The van der Waals surface area contributed by atoms with E-state index < -0.39 is 26.7 Å². The molecule has 1 aromatic rings. The molecule has 8 heteroatoms. The molecule has 0 N–H and O–H groups in total. The van der Waals surface area contributed by atoms with Gasteiger partial charge in [0.05, 0.1) is 6.61 Å². The van der Waals surface area contributed by atoms with Crippen LogP contribution < -0.4 is 4.74 Å². The number of esters is 2. The van der Waals surface area contributed by atoms with Gasteiger partial charge in [0.15, 0.2) is 5.60 Å². The van der Waals surface area contributed by atoms with E-state index in [0.29, 0.717) is 5.56 Å². The Labute approximate surface area is 148 Å². The van der Waals surface area contributed by atoms with Crippen molar-refractivity contribution < 1.29 is 23.8 Å². The smallest absolute Gasteiger partial charge is 0.336 e. The number of hydrogen-bond donors (Lipinski definition) is 0. The van der Waals surface area contributed by atoms with E-state index in [1.165, 1.54) is 21.0 Å². The monoisotopic (exact) mass is 380 g/mol. The minimum Gasteiger partial charge on any atom is -0.454 e. The van der Waals surface area contributed by atoms with Crippen LogP contribution in [0.3, 0.4) is 0 Å². The van der Waals surface area contributed by atoms with E-state index in [1.54, 1.807) is 24.3 Å². The number of rotatable bonds is 4. The highest BCUT2D eigenvalue weighted by Crippen LogP contribution is 2.45. The van der Waals surface area contributed by atoms with E-state index in [0.717, 1.165) is 0 Å². The number of ether oxygens (including phenoxy) is 3. The van der Waals surface area contributed by atoms with Gasteiger partial charge >= 0.3 is 11.9 Å². The largest absolute Gasteiger partial charge is 0.454 e. The number of para-hydroxylation sites is 1. The summed E-state index contributed by atoms with van der Waals surface area (Å²) in [4.78, 5) is 25.2. The maximum Gasteiger partial charge on any atom is 0.336 e. The number of benzene rings is 1. The van der Waals surface area contributed by atoms with E-state index in [2.05, 4.69) is 0 Å². The van der Waals surface area contributed by atoms with Crippen LogP contribution >= 0.6 is 34.8 Å². The maximum absolute atomic E-state index is 12.8. The maximum atomic E-state index is 12.8. The van der Waals surface area contributed by atoms with Crippen LogP contribution in [0.4, 0.5) is 0 Å². The molecule has 0 unspecified atom stereocenters. The topological polar surface area (TPSA) is 61.8 Å². The van der Waals surface area contributed by atoms with Crippen LogP contribution in [-0.2, 0) is 24.5 Å². The van der Waals surface area contributed by atoms with Crippen LogP contribution in [0.1, 0.15) is 19.4 Å². The summed E-state index contributed by atoms with van der Waals surface area (Å²) >= 11 is 17.5. The van der Waals surface area contributed by atoms with Gasteiger partial charge in [-0.1, -0.05) is 53.0 Å². The molecular formula is C15H15Cl3O5. The lowest BCUT2D eigenvalue weighted by atomic mass is 9.82. The molecule has 23 heavy (non-hydrogen) atoms. The average molecular weight is 382 g/mol. The summed E-state index contributed by atoms with van der Waals surface area (Å²) in [5, 5.41) is 0. The molecular weight excluding hydrogens is 367 g/mol. The summed E-state index contributed by atoms with van der Waals surface area (Å²) < 4.78 is 13.7. The van der Waals surface area contributed by atoms with Gasteiger partial charge in [0.1, 0.15) is 5.75 Å². The molecule has 1 aromatic carbocycles. The Morgan fingerprint density at radius 2 is 1.87 bits per heavy atom. The van der Waals surface area contributed by atoms with E-state index in [1.807, 2.05) is 0 Å². The van der Waals surface area contributed by atoms with Crippen LogP contribution in [0.25, 0.3) is 0 Å². The van der Waals surface area contributed by atoms with Crippen LogP contribution in [0.15, 0.2) is 24.3 Å². The number of hydrogen-bond acceptors (Lipinski definition) is 5. The van der Waals surface area contributed by atoms with Gasteiger partial charge in [-0.25, -0.2) is 4.79 Å². The first-order chi connectivity index (χ1) is 10.6. The van der Waals surface area contributed by atoms with Crippen LogP contribution in [-0.4, -0.2) is 35.0 Å². The van der Waals surface area contributed by atoms with Gasteiger partial charge in [-0.15, -0.1) is 0 Å². The van der Waals surface area contributed by atoms with Crippen molar-refractivity contribution in [2.75, 3.05) is 13.7 Å². The van der Waals surface area contributed by atoms with Crippen molar-refractivity contribution in [2.45, 2.75) is 28.7 Å². The first kappa shape index (κ1) is 18.3. The Hall–Kier alpha value is -1.01. The summed E-state index contributed by atoms with van der Waals surface area (Å²) in [7, 11) is 1.36. The Bertz CT molecular complexity index is 638. The van der Waals surface area contributed by atoms with Crippen molar-refractivity contribution in [1.82, 2.24) is 0 Å². The van der Waals surface area contributed by atoms with E-state index in [4.69, 9.17) is 49.0 Å². The molecule has 1 atom stereocenters. The molecule has 0 aliphatic carbocycles. The third-order valence-electron chi connectivity index (χ3n) is 3.64. The van der Waals surface area contributed by atoms with Gasteiger partial charge in [0, 0.05) is 12.7 Å². The molecule has 0 fully saturated rings. The lowest BCUT2D eigenvalue weighted by molar-refractivity contribution is -0.170. The molecule has 0 radical (unpaired) electrons. The predicted molar refractivity (Wildman–Crippen MR) is 86.1 cm³/mol. The second-order valence-electron chi connectivity index (χ2n) is 5.62. The second-order valence-corrected chi connectivity index (χ2v) is 7.90. The molecule has 1 aliphatic heterocycles. The lowest BCUT2D eigenvalue weighted by Gasteiger charge is -2.35. The Morgan fingerprint density at radius 3 is 2.43 bits per heavy atom. The average Bonchev–Trinajstić information content (AvgIpc) is 2.71. The molecule has 2 rings (SSSR count). The van der Waals surface area contributed by atoms with Gasteiger partial charge in [0.2, 0.25) is 9.21 Å². The molecule has 0 spiro atoms. The van der Waals surface area contributed by atoms with Crippen molar-refractivity contribution >= 4 is 46.7 Å². The number of carbonyl (C=O) groups excluding carboxylic acids is 2. The zero-order valence-corrected chi connectivity index (χ0v) is 15.0. The fourth-order valence-electron chi connectivity index (χ4n) is 2.19. The van der Waals surface area contributed by atoms with Crippen molar-refractivity contribution in [3.63, 3.8) is 0 Å². The molecule has 0 amide bonds. The summed E-state index contributed by atoms with van der Waals surface area (Å²) in [6.45, 7) is 2.62. The van der Waals surface area contributed by atoms with E-state index in [9.17, 15) is 9.59 Å². The van der Waals surface area contributed by atoms with Gasteiger partial charge in [0.25, 0.3) is 0 Å². The fraction of sp³-hybridized carbons (Fsp3) is 0.467. The summed E-state index contributed by atoms with van der Waals surface area (Å²) in [5.41, 5.74) is -2.86. The molecule has 0 aromatic heterocycles. The van der Waals surface area contributed by atoms with Gasteiger partial charge in [-0.3, -0.25) is 4.79 Å². The van der Waals surface area contributed by atoms with Crippen molar-refractivity contribution in [3.8, 4) is 5.75 Å². The quantitative estimate of drug-likeness (QED) is 0.347. The highest BCUT2D eigenvalue weighted by atomic mass is 35.6. The molecule has 126 valence electrons. The van der Waals surface area contributed by atoms with Crippen molar-refractivity contribution in [2.24, 2.45) is 0 Å². The summed E-state index contributed by atoms with van der Waals surface area (Å²) in [6, 6.07) is 6.55. The molecule has 0 saturated carbocycles. The Morgan fingerprint density at radius 1 is 1.26 bits per heavy atom. The first-order valence-electron chi connectivity index (χ1n) is 6.67. The van der Waals surface area contributed by atoms with Crippen molar-refractivity contribution in [1.29, 1.82) is 0 Å². The Kier molecular flexibility index (Phi) is 4.89. The molecule has 5 nitrogen and oxygen atoms in total. The van der Waals surface area contributed by atoms with Gasteiger partial charge in [-0.05, 0) is 19.9 Å². The van der Waals surface area contributed by atoms with Crippen LogP contribution in [0, 0.1) is 0 Å². The van der Waals surface area contributed by atoms with Gasteiger partial charge < -0.3 is 14.2 Å². The summed E-state index contributed by atoms with van der Waals surface area (Å²) in [6.07, 6.45) is 0. The Balaban J connectivity index is 2.47. The van der Waals surface area contributed by atoms with E-state index in [-0.39, 0.29) is 12.4 Å². The predicted octanol–water partition coefficient (Wildman–Crippen LogP) is 3.18. The number of halogens is 3. The lowest BCUT2D eigenvalue weighted by Crippen LogP contribution is -2.52. The molecule has 1 heterocycles. The number of fused-ring (bicyclic) bond motifs is 1. The molecule has 1 aliphatic rings. The van der Waals surface area contributed by atoms with E-state index >= 15 is 0 Å². The van der Waals surface area contributed by atoms with Gasteiger partial charge in [-0.2, -0.15) is 0 Å². The third-order valence-corrected chi connectivity index (χ3v) is 5.00. The second kappa shape index (κ2) is 6.13. The number of alkyl halides is 3. The third kappa shape index (κ3) is 3.03. The zero-order valence-electron chi connectivity index (χ0n) is 12.7. The normalized spacial score (nSPS) is 20.9. The van der Waals surface area contributed by atoms with Crippen molar-refractivity contribution in [3.05, 3.63) is 29.8 Å². The zero-order chi connectivity index (χ0) is 17.5. The highest BCUT2D eigenvalue weighted by Gasteiger charge is 2.59. The number of carbonyl (C=O) groups is 2. The van der Waals surface area contributed by atoms with Crippen LogP contribution in [0.5, 0.6) is 5.75 Å². The number of methoxy groups -OCH3 is 1. The highest BCUT2D eigenvalue weighted by molar-refractivity contribution is 6.68. The minimum absolute atomic E-state index is 0.252. The fourth-order valence-corrected chi connectivity index (χ4v) is 2.30.